The molecule has 4 heterocycles. The van der Waals surface area contributed by atoms with E-state index in [-0.39, 0.29) is 0 Å². The van der Waals surface area contributed by atoms with Crippen LogP contribution >= 0.6 is 25.3 Å². The molecule has 9 nitrogen and oxygen atoms in total. The van der Waals surface area contributed by atoms with Gasteiger partial charge in [-0.2, -0.15) is 4.99 Å². The summed E-state index contributed by atoms with van der Waals surface area (Å²) in [5.41, 5.74) is 4.02. The van der Waals surface area contributed by atoms with Crippen molar-refractivity contribution in [2.75, 3.05) is 5.32 Å². The number of thiol groups is 2. The highest BCUT2D eigenvalue weighted by atomic mass is 32.1. The zero-order valence-corrected chi connectivity index (χ0v) is 20.4. The minimum absolute atomic E-state index is 0.396. The number of hydrogen-bond donors (Lipinski definition) is 6. The number of anilines is 2. The fraction of sp³-hybridized carbons (Fsp3) is 0. The zero-order chi connectivity index (χ0) is 24.5. The Labute approximate surface area is 216 Å². The first-order chi connectivity index (χ1) is 17.7. The van der Waals surface area contributed by atoms with Crippen molar-refractivity contribution in [2.24, 2.45) is 4.99 Å². The fourth-order valence-electron chi connectivity index (χ4n) is 3.87. The Kier molecular flexibility index (Phi) is 5.76. The Balaban J connectivity index is 1.38. The minimum Gasteiger partial charge on any atom is -0.366 e. The molecule has 0 unspecified atom stereocenters. The maximum atomic E-state index is 4.64. The smallest absolute Gasteiger partial charge is 0.230 e. The van der Waals surface area contributed by atoms with E-state index in [2.05, 4.69) is 70.5 Å². The lowest BCUT2D eigenvalue weighted by atomic mass is 10.2. The molecule has 0 bridgehead atoms. The van der Waals surface area contributed by atoms with Gasteiger partial charge in [0.15, 0.2) is 5.49 Å². The average Bonchev–Trinajstić information content (AvgIpc) is 3.60. The van der Waals surface area contributed by atoms with Gasteiger partial charge in [-0.25, -0.2) is 19.9 Å². The van der Waals surface area contributed by atoms with Crippen LogP contribution in [0.25, 0.3) is 33.3 Å². The van der Waals surface area contributed by atoms with Crippen LogP contribution < -0.4 is 10.8 Å². The van der Waals surface area contributed by atoms with Crippen LogP contribution in [0.2, 0.25) is 0 Å². The van der Waals surface area contributed by atoms with Crippen molar-refractivity contribution in [1.29, 1.82) is 0 Å². The molecule has 0 aliphatic rings. The van der Waals surface area contributed by atoms with Crippen molar-refractivity contribution >= 4 is 53.7 Å². The molecule has 2 aromatic carbocycles. The predicted octanol–water partition coefficient (Wildman–Crippen LogP) is 5.29. The van der Waals surface area contributed by atoms with Crippen LogP contribution in [-0.4, -0.2) is 34.9 Å². The molecule has 0 fully saturated rings. The van der Waals surface area contributed by atoms with Gasteiger partial charge in [0.05, 0.1) is 11.4 Å². The lowest BCUT2D eigenvalue weighted by Gasteiger charge is -2.00. The molecular weight excluding hydrogens is 490 g/mol. The van der Waals surface area contributed by atoms with Crippen molar-refractivity contribution in [3.8, 4) is 22.5 Å². The lowest BCUT2D eigenvalue weighted by Crippen LogP contribution is -2.03. The van der Waals surface area contributed by atoms with Crippen LogP contribution in [0.1, 0.15) is 0 Å². The Morgan fingerprint density at radius 3 is 2.08 bits per heavy atom. The molecule has 4 aromatic heterocycles. The van der Waals surface area contributed by atoms with E-state index in [4.69, 9.17) is 0 Å². The quantitative estimate of drug-likeness (QED) is 0.176. The standard InChI is InChI=1S/C25H19N9S2/c35-22-18(14-7-3-1-4-8-14)29-24(33-22)31-20-16-11-26-12-17(16)21(28-13-27-20)32-25-30-19(23(36)34-25)15-9-5-2-6-10-15/h1-13,26,35-36H,(H3,27,28,29,30,31,32,33,34). The van der Waals surface area contributed by atoms with Crippen LogP contribution in [-0.2, 0) is 0 Å². The molecule has 0 radical (unpaired) electrons. The molecule has 0 spiro atoms. The van der Waals surface area contributed by atoms with Gasteiger partial charge in [0.2, 0.25) is 11.9 Å². The molecule has 11 heteroatoms. The first-order valence-corrected chi connectivity index (χ1v) is 11.9. The normalized spacial score (nSPS) is 11.8. The second-order valence-corrected chi connectivity index (χ2v) is 8.69. The molecule has 0 saturated heterocycles. The topological polar surface area (TPSA) is 123 Å². The molecule has 0 atom stereocenters. The first-order valence-electron chi connectivity index (χ1n) is 11.0. The number of benzene rings is 2. The Bertz CT molecular complexity index is 1740. The van der Waals surface area contributed by atoms with Crippen molar-refractivity contribution in [1.82, 2.24) is 34.9 Å². The molecule has 36 heavy (non-hydrogen) atoms. The minimum atomic E-state index is 0.396. The van der Waals surface area contributed by atoms with Crippen LogP contribution in [0.4, 0.5) is 17.7 Å². The molecule has 0 aliphatic heterocycles. The SMILES string of the molecule is Sc1nc(/N=c2\ncnc(Nc3nc(S)c(-c4ccccc4)[nH]3)c3c[nH]cc23)[nH]c1-c1ccccc1. The second kappa shape index (κ2) is 9.36. The van der Waals surface area contributed by atoms with E-state index < -0.39 is 0 Å². The fourth-order valence-corrected chi connectivity index (χ4v) is 4.43. The van der Waals surface area contributed by atoms with Gasteiger partial charge in [0, 0.05) is 34.3 Å². The van der Waals surface area contributed by atoms with E-state index in [1.165, 1.54) is 6.33 Å². The Hall–Kier alpha value is -4.35. The van der Waals surface area contributed by atoms with Crippen LogP contribution in [0, 0.1) is 0 Å². The molecule has 6 rings (SSSR count). The Morgan fingerprint density at radius 1 is 0.722 bits per heavy atom. The second-order valence-electron chi connectivity index (χ2n) is 7.84. The average molecular weight is 510 g/mol. The zero-order valence-electron chi connectivity index (χ0n) is 18.6. The highest BCUT2D eigenvalue weighted by molar-refractivity contribution is 7.80. The van der Waals surface area contributed by atoms with Gasteiger partial charge in [-0.05, 0) is 0 Å². The summed E-state index contributed by atoms with van der Waals surface area (Å²) in [4.78, 5) is 32.2. The third kappa shape index (κ3) is 4.25. The summed E-state index contributed by atoms with van der Waals surface area (Å²) < 4.78 is 0. The molecule has 6 aromatic rings. The van der Waals surface area contributed by atoms with Gasteiger partial charge in [0.1, 0.15) is 22.2 Å². The van der Waals surface area contributed by atoms with E-state index in [0.717, 1.165) is 33.3 Å². The van der Waals surface area contributed by atoms with E-state index in [0.29, 0.717) is 33.3 Å². The van der Waals surface area contributed by atoms with E-state index in [1.54, 1.807) is 0 Å². The number of rotatable bonds is 5. The summed E-state index contributed by atoms with van der Waals surface area (Å²) in [6.45, 7) is 0. The Morgan fingerprint density at radius 2 is 1.36 bits per heavy atom. The van der Waals surface area contributed by atoms with Crippen molar-refractivity contribution in [3.05, 3.63) is 84.9 Å². The lowest BCUT2D eigenvalue weighted by molar-refractivity contribution is 1.08. The highest BCUT2D eigenvalue weighted by Crippen LogP contribution is 2.29. The number of nitrogens with zero attached hydrogens (tertiary/aromatic N) is 5. The summed E-state index contributed by atoms with van der Waals surface area (Å²) >= 11 is 9.04. The summed E-state index contributed by atoms with van der Waals surface area (Å²) in [5, 5.41) is 5.92. The van der Waals surface area contributed by atoms with Gasteiger partial charge < -0.3 is 20.3 Å². The van der Waals surface area contributed by atoms with Gasteiger partial charge in [-0.1, -0.05) is 60.7 Å². The first kappa shape index (κ1) is 22.1. The number of fused-ring (bicyclic) bond motifs is 1. The van der Waals surface area contributed by atoms with E-state index in [9.17, 15) is 0 Å². The van der Waals surface area contributed by atoms with Crippen molar-refractivity contribution in [3.63, 3.8) is 0 Å². The van der Waals surface area contributed by atoms with Crippen molar-refractivity contribution in [2.45, 2.75) is 10.1 Å². The molecule has 0 saturated carbocycles. The molecule has 176 valence electrons. The van der Waals surface area contributed by atoms with Crippen LogP contribution in [0.3, 0.4) is 0 Å². The molecule has 0 amide bonds. The molecule has 4 N–H and O–H groups in total. The summed E-state index contributed by atoms with van der Waals surface area (Å²) in [5.74, 6) is 1.46. The third-order valence-corrected chi connectivity index (χ3v) is 6.19. The monoisotopic (exact) mass is 509 g/mol. The number of nitrogens with one attached hydrogen (secondary N) is 4. The summed E-state index contributed by atoms with van der Waals surface area (Å²) in [7, 11) is 0. The number of aromatic amines is 3. The van der Waals surface area contributed by atoms with E-state index in [1.807, 2.05) is 73.1 Å². The third-order valence-electron chi connectivity index (χ3n) is 5.54. The number of H-pyrrole nitrogens is 3. The van der Waals surface area contributed by atoms with Gasteiger partial charge in [-0.3, -0.25) is 0 Å². The summed E-state index contributed by atoms with van der Waals surface area (Å²) in [6.07, 6.45) is 5.10. The van der Waals surface area contributed by atoms with Gasteiger partial charge in [-0.15, -0.1) is 25.3 Å². The van der Waals surface area contributed by atoms with Crippen LogP contribution in [0.15, 0.2) is 94.4 Å². The van der Waals surface area contributed by atoms with Crippen LogP contribution in [0.5, 0.6) is 0 Å². The number of hydrogen-bond acceptors (Lipinski definition) is 8. The van der Waals surface area contributed by atoms with Gasteiger partial charge in [0.25, 0.3) is 0 Å². The number of aromatic nitrogens is 7. The maximum absolute atomic E-state index is 4.64. The summed E-state index contributed by atoms with van der Waals surface area (Å²) in [6, 6.07) is 19.7. The maximum Gasteiger partial charge on any atom is 0.230 e. The largest absolute Gasteiger partial charge is 0.366 e. The molecule has 0 aliphatic carbocycles. The highest BCUT2D eigenvalue weighted by Gasteiger charge is 2.13. The van der Waals surface area contributed by atoms with Gasteiger partial charge >= 0.3 is 0 Å². The predicted molar refractivity (Wildman–Crippen MR) is 145 cm³/mol. The molecular formula is C25H19N9S2. The number of imidazole rings is 2. The van der Waals surface area contributed by atoms with E-state index >= 15 is 0 Å². The van der Waals surface area contributed by atoms with Crippen molar-refractivity contribution < 1.29 is 0 Å².